The van der Waals surface area contributed by atoms with Gasteiger partial charge < -0.3 is 20.4 Å². The number of likely N-dealkylation sites (tertiary alicyclic amines) is 2. The van der Waals surface area contributed by atoms with Crippen molar-refractivity contribution in [2.24, 2.45) is 23.7 Å². The van der Waals surface area contributed by atoms with Crippen LogP contribution in [0.25, 0.3) is 32.0 Å². The smallest absolute Gasteiger partial charge is 0.246 e. The summed E-state index contributed by atoms with van der Waals surface area (Å²) < 4.78 is 0. The molecule has 2 aromatic carbocycles. The van der Waals surface area contributed by atoms with Crippen molar-refractivity contribution >= 4 is 46.3 Å². The molecule has 2 saturated heterocycles. The summed E-state index contributed by atoms with van der Waals surface area (Å²) in [4.78, 5) is 70.3. The van der Waals surface area contributed by atoms with Crippen molar-refractivity contribution in [3.63, 3.8) is 0 Å². The Morgan fingerprint density at radius 3 is 1.23 bits per heavy atom. The number of rotatable bonds is 13. The summed E-state index contributed by atoms with van der Waals surface area (Å²) >= 11 is 3.34. The van der Waals surface area contributed by atoms with Crippen LogP contribution in [0.4, 0.5) is 0 Å². The highest BCUT2D eigenvalue weighted by Gasteiger charge is 2.43. The number of hydrogen-bond donors (Lipinski definition) is 2. The molecule has 2 aliphatic heterocycles. The van der Waals surface area contributed by atoms with Crippen LogP contribution in [0.3, 0.4) is 0 Å². The molecule has 62 heavy (non-hydrogen) atoms. The monoisotopic (exact) mass is 872 g/mol. The van der Waals surface area contributed by atoms with Crippen molar-refractivity contribution in [3.8, 4) is 32.0 Å². The van der Waals surface area contributed by atoms with E-state index < -0.39 is 12.1 Å². The highest BCUT2D eigenvalue weighted by atomic mass is 32.1. The average molecular weight is 873 g/mol. The zero-order valence-corrected chi connectivity index (χ0v) is 37.4. The molecule has 4 amide bonds. The van der Waals surface area contributed by atoms with Gasteiger partial charge in [0.05, 0.1) is 21.8 Å². The average Bonchev–Trinajstić information content (AvgIpc) is 4.07. The Morgan fingerprint density at radius 1 is 0.484 bits per heavy atom. The summed E-state index contributed by atoms with van der Waals surface area (Å²) in [6.45, 7) is 1.42. The number of thiazole rings is 2. The largest absolute Gasteiger partial charge is 0.344 e. The Morgan fingerprint density at radius 2 is 0.855 bits per heavy atom. The van der Waals surface area contributed by atoms with E-state index in [0.717, 1.165) is 145 Å². The Balaban J connectivity index is 0.785. The summed E-state index contributed by atoms with van der Waals surface area (Å²) in [6, 6.07) is 16.3. The van der Waals surface area contributed by atoms with Crippen LogP contribution < -0.4 is 10.6 Å². The molecular weight excluding hydrogens is 813 g/mol. The Bertz CT molecular complexity index is 2080. The van der Waals surface area contributed by atoms with Gasteiger partial charge in [-0.05, 0) is 111 Å². The number of benzene rings is 2. The van der Waals surface area contributed by atoms with Crippen molar-refractivity contribution in [3.05, 3.63) is 70.9 Å². The highest BCUT2D eigenvalue weighted by Crippen LogP contribution is 2.42. The van der Waals surface area contributed by atoms with Crippen LogP contribution >= 0.6 is 22.7 Å². The van der Waals surface area contributed by atoms with Gasteiger partial charge in [-0.2, -0.15) is 0 Å². The third kappa shape index (κ3) is 9.01. The summed E-state index contributed by atoms with van der Waals surface area (Å²) in [5.41, 5.74) is 4.47. The second kappa shape index (κ2) is 18.4. The Hall–Kier alpha value is -4.42. The normalized spacial score (nSPS) is 23.3. The quantitative estimate of drug-likeness (QED) is 0.138. The minimum absolute atomic E-state index is 0.0541. The second-order valence-electron chi connectivity index (χ2n) is 19.0. The topological polar surface area (TPSA) is 125 Å². The SMILES string of the molecule is O=C(N[C@@H](C(=O)N1CCC[C@H]1c1ncc(-c2ccc(-c3ccc(-c4cnc([C@@H]5CCCN5C(=O)[C@H](NC(=O)C5CC5)C5CCCCC5)s4)cc3)cc2)s1)C1CCCCC1)C1CC1. The van der Waals surface area contributed by atoms with Crippen molar-refractivity contribution in [1.82, 2.24) is 30.4 Å². The van der Waals surface area contributed by atoms with Gasteiger partial charge in [-0.3, -0.25) is 19.2 Å². The van der Waals surface area contributed by atoms with E-state index in [2.05, 4.69) is 59.2 Å². The second-order valence-corrected chi connectivity index (χ2v) is 21.1. The van der Waals surface area contributed by atoms with Crippen LogP contribution in [0, 0.1) is 23.7 Å². The third-order valence-corrected chi connectivity index (χ3v) is 16.9. The fraction of sp³-hybridized carbons (Fsp3) is 0.560. The predicted octanol–water partition coefficient (Wildman–Crippen LogP) is 9.88. The van der Waals surface area contributed by atoms with Crippen molar-refractivity contribution in [1.29, 1.82) is 0 Å². The molecule has 12 heteroatoms. The molecule has 4 heterocycles. The van der Waals surface area contributed by atoms with Crippen LogP contribution in [0.5, 0.6) is 0 Å². The molecule has 6 fully saturated rings. The number of carbonyl (C=O) groups excluding carboxylic acids is 4. The van der Waals surface area contributed by atoms with Crippen molar-refractivity contribution in [2.75, 3.05) is 13.1 Å². The van der Waals surface area contributed by atoms with E-state index in [1.54, 1.807) is 22.7 Å². The van der Waals surface area contributed by atoms with Gasteiger partial charge in [-0.25, -0.2) is 9.97 Å². The van der Waals surface area contributed by atoms with Crippen LogP contribution in [-0.2, 0) is 19.2 Å². The van der Waals surface area contributed by atoms with E-state index in [4.69, 9.17) is 9.97 Å². The van der Waals surface area contributed by atoms with Gasteiger partial charge >= 0.3 is 0 Å². The van der Waals surface area contributed by atoms with Crippen molar-refractivity contribution in [2.45, 2.75) is 140 Å². The summed E-state index contributed by atoms with van der Waals surface area (Å²) in [7, 11) is 0. The zero-order valence-electron chi connectivity index (χ0n) is 35.8. The molecule has 0 bridgehead atoms. The first-order chi connectivity index (χ1) is 30.4. The Kier molecular flexibility index (Phi) is 12.3. The number of carbonyl (C=O) groups is 4. The van der Waals surface area contributed by atoms with Crippen molar-refractivity contribution < 1.29 is 19.2 Å². The van der Waals surface area contributed by atoms with Crippen LogP contribution in [0.15, 0.2) is 60.9 Å². The lowest BCUT2D eigenvalue weighted by Gasteiger charge is -2.34. The molecule has 10 rings (SSSR count). The summed E-state index contributed by atoms with van der Waals surface area (Å²) in [5, 5.41) is 8.39. The minimum atomic E-state index is -0.429. The molecule has 4 aromatic rings. The maximum Gasteiger partial charge on any atom is 0.246 e. The molecule has 4 aliphatic carbocycles. The summed E-state index contributed by atoms with van der Waals surface area (Å²) in [6.07, 6.45) is 22.2. The van der Waals surface area contributed by atoms with Gasteiger partial charge in [0, 0.05) is 37.3 Å². The first-order valence-corrected chi connectivity index (χ1v) is 25.4. The van der Waals surface area contributed by atoms with E-state index in [1.807, 2.05) is 22.2 Å². The number of amides is 4. The molecule has 6 aliphatic rings. The summed E-state index contributed by atoms with van der Waals surface area (Å²) in [5.74, 6) is 0.883. The van der Waals surface area contributed by atoms with Gasteiger partial charge in [0.1, 0.15) is 22.1 Å². The van der Waals surface area contributed by atoms with E-state index in [-0.39, 0.29) is 59.4 Å². The standard InChI is InChI=1S/C50H60N6O4S2/c57-45(37-23-24-37)53-43(35-9-3-1-4-10-35)49(59)55-27-7-13-39(55)47-51-29-41(61-47)33-19-15-31(16-20-33)32-17-21-34(22-18-32)42-30-52-48(62-42)40-14-8-28-56(40)50(60)44(36-11-5-2-6-12-36)54-46(58)38-25-26-38/h15-22,29-30,35-40,43-44H,1-14,23-28H2,(H,53,57)(H,54,58)/t39-,40-,43+,44+/m0/s1. The zero-order chi connectivity index (χ0) is 42.2. The first-order valence-electron chi connectivity index (χ1n) is 23.7. The lowest BCUT2D eigenvalue weighted by Crippen LogP contribution is -2.52. The maximum absolute atomic E-state index is 14.2. The highest BCUT2D eigenvalue weighted by molar-refractivity contribution is 7.15. The van der Waals surface area contributed by atoms with Gasteiger partial charge in [0.2, 0.25) is 23.6 Å². The van der Waals surface area contributed by atoms with Crippen LogP contribution in [0.2, 0.25) is 0 Å². The van der Waals surface area contributed by atoms with Gasteiger partial charge in [0.15, 0.2) is 0 Å². The fourth-order valence-electron chi connectivity index (χ4n) is 10.7. The van der Waals surface area contributed by atoms with Crippen LogP contribution in [-0.4, -0.2) is 68.6 Å². The molecule has 2 aromatic heterocycles. The predicted molar refractivity (Wildman–Crippen MR) is 244 cm³/mol. The lowest BCUT2D eigenvalue weighted by molar-refractivity contribution is -0.139. The first kappa shape index (κ1) is 41.6. The minimum Gasteiger partial charge on any atom is -0.344 e. The molecular formula is C50H60N6O4S2. The van der Waals surface area contributed by atoms with Gasteiger partial charge in [-0.15, -0.1) is 22.7 Å². The number of nitrogens with one attached hydrogen (secondary N) is 2. The molecule has 0 unspecified atom stereocenters. The van der Waals surface area contributed by atoms with E-state index in [0.29, 0.717) is 13.1 Å². The molecule has 4 saturated carbocycles. The van der Waals surface area contributed by atoms with E-state index >= 15 is 0 Å². The Labute approximate surface area is 373 Å². The van der Waals surface area contributed by atoms with E-state index in [1.165, 1.54) is 12.8 Å². The molecule has 4 atom stereocenters. The van der Waals surface area contributed by atoms with E-state index in [9.17, 15) is 19.2 Å². The third-order valence-electron chi connectivity index (χ3n) is 14.6. The lowest BCUT2D eigenvalue weighted by atomic mass is 9.83. The molecule has 2 N–H and O–H groups in total. The van der Waals surface area contributed by atoms with Gasteiger partial charge in [-0.1, -0.05) is 87.1 Å². The number of hydrogen-bond acceptors (Lipinski definition) is 8. The fourth-order valence-corrected chi connectivity index (χ4v) is 12.8. The van der Waals surface area contributed by atoms with Gasteiger partial charge in [0.25, 0.3) is 0 Å². The molecule has 326 valence electrons. The molecule has 10 nitrogen and oxygen atoms in total. The molecule has 0 spiro atoms. The molecule has 0 radical (unpaired) electrons. The number of nitrogens with zero attached hydrogens (tertiary/aromatic N) is 4. The number of aromatic nitrogens is 2. The maximum atomic E-state index is 14.2. The van der Waals surface area contributed by atoms with Crippen LogP contribution in [0.1, 0.15) is 138 Å².